The van der Waals surface area contributed by atoms with E-state index in [0.717, 1.165) is 11.4 Å². The first-order valence-electron chi connectivity index (χ1n) is 8.67. The predicted octanol–water partition coefficient (Wildman–Crippen LogP) is 4.45. The second-order valence-corrected chi connectivity index (χ2v) is 7.11. The fourth-order valence-electron chi connectivity index (χ4n) is 2.66. The number of anilines is 1. The summed E-state index contributed by atoms with van der Waals surface area (Å²) in [5, 5.41) is 11.9. The number of hydrogen-bond acceptors (Lipinski definition) is 4. The van der Waals surface area contributed by atoms with Crippen LogP contribution in [-0.2, 0) is 11.3 Å². The molecule has 3 aromatic rings. The molecule has 0 atom stereocenters. The Labute approximate surface area is 162 Å². The van der Waals surface area contributed by atoms with Gasteiger partial charge in [0.05, 0.1) is 5.75 Å². The molecule has 0 saturated carbocycles. The molecular weight excluding hydrogens is 363 g/mol. The van der Waals surface area contributed by atoms with Crippen LogP contribution in [-0.4, -0.2) is 26.4 Å². The number of hydrogen-bond donors (Lipinski definition) is 1. The first-order valence-corrected chi connectivity index (χ1v) is 9.66. The van der Waals surface area contributed by atoms with Gasteiger partial charge in [0.1, 0.15) is 5.82 Å². The van der Waals surface area contributed by atoms with Crippen molar-refractivity contribution in [3.63, 3.8) is 0 Å². The van der Waals surface area contributed by atoms with Crippen LogP contribution in [0.25, 0.3) is 11.4 Å². The maximum Gasteiger partial charge on any atom is 0.234 e. The van der Waals surface area contributed by atoms with Crippen LogP contribution in [0, 0.1) is 19.7 Å². The Morgan fingerprint density at radius 1 is 1.15 bits per heavy atom. The zero-order chi connectivity index (χ0) is 19.4. The van der Waals surface area contributed by atoms with Crippen molar-refractivity contribution >= 4 is 23.4 Å². The van der Waals surface area contributed by atoms with Gasteiger partial charge in [-0.15, -0.1) is 10.2 Å². The van der Waals surface area contributed by atoms with Crippen molar-refractivity contribution < 1.29 is 9.18 Å². The van der Waals surface area contributed by atoms with E-state index in [1.807, 2.05) is 42.7 Å². The maximum atomic E-state index is 13.6. The summed E-state index contributed by atoms with van der Waals surface area (Å²) in [6, 6.07) is 12.7. The standard InChI is InChI=1S/C20H21FN4OS/c1-4-25-19(15-10-8-13(2)9-11-15)23-24-20(25)27-12-18(26)22-17-7-5-6-16(21)14(17)3/h5-11H,4,12H2,1-3H3,(H,22,26). The van der Waals surface area contributed by atoms with E-state index >= 15 is 0 Å². The van der Waals surface area contributed by atoms with Crippen LogP contribution in [0.5, 0.6) is 0 Å². The molecule has 0 fully saturated rings. The molecule has 1 N–H and O–H groups in total. The van der Waals surface area contributed by atoms with E-state index in [1.165, 1.54) is 23.4 Å². The Morgan fingerprint density at radius 2 is 1.89 bits per heavy atom. The zero-order valence-corrected chi connectivity index (χ0v) is 16.3. The largest absolute Gasteiger partial charge is 0.325 e. The van der Waals surface area contributed by atoms with Crippen molar-refractivity contribution in [3.05, 3.63) is 59.4 Å². The number of carbonyl (C=O) groups excluding carboxylic acids is 1. The summed E-state index contributed by atoms with van der Waals surface area (Å²) in [6.45, 7) is 6.39. The maximum absolute atomic E-state index is 13.6. The fourth-order valence-corrected chi connectivity index (χ4v) is 3.46. The third-order valence-corrected chi connectivity index (χ3v) is 5.18. The van der Waals surface area contributed by atoms with Gasteiger partial charge in [-0.25, -0.2) is 4.39 Å². The lowest BCUT2D eigenvalue weighted by Crippen LogP contribution is -2.15. The number of rotatable bonds is 6. The minimum Gasteiger partial charge on any atom is -0.325 e. The SMILES string of the molecule is CCn1c(SCC(=O)Nc2cccc(F)c2C)nnc1-c1ccc(C)cc1. The average molecular weight is 384 g/mol. The average Bonchev–Trinajstić information content (AvgIpc) is 3.07. The van der Waals surface area contributed by atoms with Crippen molar-refractivity contribution in [1.82, 2.24) is 14.8 Å². The lowest BCUT2D eigenvalue weighted by atomic mass is 10.1. The molecule has 0 bridgehead atoms. The second-order valence-electron chi connectivity index (χ2n) is 6.17. The van der Waals surface area contributed by atoms with Crippen molar-refractivity contribution in [2.45, 2.75) is 32.5 Å². The van der Waals surface area contributed by atoms with Crippen LogP contribution in [0.1, 0.15) is 18.1 Å². The summed E-state index contributed by atoms with van der Waals surface area (Å²) >= 11 is 1.31. The highest BCUT2D eigenvalue weighted by Gasteiger charge is 2.15. The molecule has 0 spiro atoms. The summed E-state index contributed by atoms with van der Waals surface area (Å²) in [4.78, 5) is 12.3. The van der Waals surface area contributed by atoms with Gasteiger partial charge in [0, 0.05) is 23.4 Å². The topological polar surface area (TPSA) is 59.8 Å². The highest BCUT2D eigenvalue weighted by Crippen LogP contribution is 2.25. The number of carbonyl (C=O) groups is 1. The van der Waals surface area contributed by atoms with E-state index in [1.54, 1.807) is 19.1 Å². The van der Waals surface area contributed by atoms with Gasteiger partial charge >= 0.3 is 0 Å². The quantitative estimate of drug-likeness (QED) is 0.638. The number of benzene rings is 2. The Hall–Kier alpha value is -2.67. The molecule has 7 heteroatoms. The Bertz CT molecular complexity index is 953. The molecule has 2 aromatic carbocycles. The monoisotopic (exact) mass is 384 g/mol. The van der Waals surface area contributed by atoms with Gasteiger partial charge in [-0.1, -0.05) is 47.7 Å². The number of nitrogens with zero attached hydrogens (tertiary/aromatic N) is 3. The van der Waals surface area contributed by atoms with E-state index in [9.17, 15) is 9.18 Å². The van der Waals surface area contributed by atoms with E-state index in [4.69, 9.17) is 0 Å². The van der Waals surface area contributed by atoms with Crippen LogP contribution in [0.3, 0.4) is 0 Å². The molecule has 140 valence electrons. The zero-order valence-electron chi connectivity index (χ0n) is 15.5. The molecule has 0 aliphatic carbocycles. The lowest BCUT2D eigenvalue weighted by Gasteiger charge is -2.09. The molecule has 1 aromatic heterocycles. The van der Waals surface area contributed by atoms with Gasteiger partial charge in [-0.05, 0) is 32.9 Å². The van der Waals surface area contributed by atoms with Crippen molar-refractivity contribution in [3.8, 4) is 11.4 Å². The highest BCUT2D eigenvalue weighted by molar-refractivity contribution is 7.99. The third kappa shape index (κ3) is 4.36. The van der Waals surface area contributed by atoms with E-state index in [2.05, 4.69) is 15.5 Å². The first-order chi connectivity index (χ1) is 13.0. The number of thioether (sulfide) groups is 1. The van der Waals surface area contributed by atoms with Crippen LogP contribution >= 0.6 is 11.8 Å². The lowest BCUT2D eigenvalue weighted by molar-refractivity contribution is -0.113. The summed E-state index contributed by atoms with van der Waals surface area (Å²) in [6.07, 6.45) is 0. The summed E-state index contributed by atoms with van der Waals surface area (Å²) in [5.74, 6) is 0.397. The van der Waals surface area contributed by atoms with Crippen LogP contribution < -0.4 is 5.32 Å². The van der Waals surface area contributed by atoms with Crippen LogP contribution in [0.4, 0.5) is 10.1 Å². The van der Waals surface area contributed by atoms with Crippen molar-refractivity contribution in [1.29, 1.82) is 0 Å². The number of aromatic nitrogens is 3. The third-order valence-electron chi connectivity index (χ3n) is 4.22. The number of amides is 1. The molecule has 3 rings (SSSR count). The van der Waals surface area contributed by atoms with Gasteiger partial charge in [0.2, 0.25) is 5.91 Å². The van der Waals surface area contributed by atoms with Gasteiger partial charge in [0.25, 0.3) is 0 Å². The number of aryl methyl sites for hydroxylation is 1. The molecule has 0 aliphatic heterocycles. The summed E-state index contributed by atoms with van der Waals surface area (Å²) < 4.78 is 15.6. The molecule has 0 saturated heterocycles. The molecular formula is C20H21FN4OS. The van der Waals surface area contributed by atoms with Crippen LogP contribution in [0.15, 0.2) is 47.6 Å². The number of halogens is 1. The minimum atomic E-state index is -0.339. The molecule has 27 heavy (non-hydrogen) atoms. The van der Waals surface area contributed by atoms with E-state index in [-0.39, 0.29) is 17.5 Å². The molecule has 0 unspecified atom stereocenters. The minimum absolute atomic E-state index is 0.169. The summed E-state index contributed by atoms with van der Waals surface area (Å²) in [7, 11) is 0. The Kier molecular flexibility index (Phi) is 5.91. The van der Waals surface area contributed by atoms with Crippen molar-refractivity contribution in [2.24, 2.45) is 0 Å². The normalized spacial score (nSPS) is 10.8. The first kappa shape index (κ1) is 19.1. The molecule has 1 heterocycles. The molecule has 5 nitrogen and oxygen atoms in total. The van der Waals surface area contributed by atoms with Crippen LogP contribution in [0.2, 0.25) is 0 Å². The molecule has 1 amide bonds. The Morgan fingerprint density at radius 3 is 2.59 bits per heavy atom. The van der Waals surface area contributed by atoms with Gasteiger partial charge in [0.15, 0.2) is 11.0 Å². The van der Waals surface area contributed by atoms with Gasteiger partial charge in [-0.3, -0.25) is 4.79 Å². The smallest absolute Gasteiger partial charge is 0.234 e. The van der Waals surface area contributed by atoms with Crippen molar-refractivity contribution in [2.75, 3.05) is 11.1 Å². The molecule has 0 radical (unpaired) electrons. The van der Waals surface area contributed by atoms with Gasteiger partial charge < -0.3 is 9.88 Å². The van der Waals surface area contributed by atoms with E-state index < -0.39 is 0 Å². The van der Waals surface area contributed by atoms with E-state index in [0.29, 0.717) is 23.0 Å². The molecule has 0 aliphatic rings. The number of nitrogens with one attached hydrogen (secondary N) is 1. The second kappa shape index (κ2) is 8.35. The summed E-state index contributed by atoms with van der Waals surface area (Å²) in [5.41, 5.74) is 3.08. The fraction of sp³-hybridized carbons (Fsp3) is 0.250. The Balaban J connectivity index is 1.70. The predicted molar refractivity (Wildman–Crippen MR) is 106 cm³/mol. The van der Waals surface area contributed by atoms with Gasteiger partial charge in [-0.2, -0.15) is 0 Å². The highest BCUT2D eigenvalue weighted by atomic mass is 32.2.